The lowest BCUT2D eigenvalue weighted by Gasteiger charge is -2.36. The number of aliphatic hydroxyl groups is 1. The van der Waals surface area contributed by atoms with E-state index in [2.05, 4.69) is 9.97 Å². The van der Waals surface area contributed by atoms with Crippen molar-refractivity contribution in [3.8, 4) is 0 Å². The van der Waals surface area contributed by atoms with Crippen molar-refractivity contribution in [2.24, 2.45) is 0 Å². The van der Waals surface area contributed by atoms with Crippen LogP contribution in [0.25, 0.3) is 0 Å². The predicted octanol–water partition coefficient (Wildman–Crippen LogP) is 0.785. The summed E-state index contributed by atoms with van der Waals surface area (Å²) in [7, 11) is 0. The molecular formula is C15H20F2N4O2. The molecule has 2 aliphatic heterocycles. The molecule has 2 saturated heterocycles. The Labute approximate surface area is 133 Å². The summed E-state index contributed by atoms with van der Waals surface area (Å²) in [6, 6.07) is 0. The highest BCUT2D eigenvalue weighted by atomic mass is 19.3. The highest BCUT2D eigenvalue weighted by molar-refractivity contribution is 5.93. The summed E-state index contributed by atoms with van der Waals surface area (Å²) in [5.41, 5.74) is -0.660. The van der Waals surface area contributed by atoms with Crippen LogP contribution in [-0.2, 0) is 0 Å². The standard InChI is InChI=1S/C15H20F2N4O2/c16-15(17)2-4-20(5-3-15)9-14(23)1-6-21(10-14)13(22)12-7-18-11-19-8-12/h7-8,11,23H,1-6,9-10H2/t14-/m0/s1. The van der Waals surface area contributed by atoms with Crippen LogP contribution >= 0.6 is 0 Å². The fourth-order valence-electron chi connectivity index (χ4n) is 3.21. The largest absolute Gasteiger partial charge is 0.387 e. The van der Waals surface area contributed by atoms with E-state index in [4.69, 9.17) is 0 Å². The molecule has 1 aromatic rings. The third kappa shape index (κ3) is 3.81. The van der Waals surface area contributed by atoms with Gasteiger partial charge in [0, 0.05) is 51.4 Å². The summed E-state index contributed by atoms with van der Waals surface area (Å²) < 4.78 is 26.4. The zero-order valence-electron chi connectivity index (χ0n) is 12.8. The van der Waals surface area contributed by atoms with Gasteiger partial charge >= 0.3 is 0 Å². The lowest BCUT2D eigenvalue weighted by Crippen LogP contribution is -2.49. The van der Waals surface area contributed by atoms with Crippen molar-refractivity contribution >= 4 is 5.91 Å². The fourth-order valence-corrected chi connectivity index (χ4v) is 3.21. The fraction of sp³-hybridized carbons (Fsp3) is 0.667. The minimum atomic E-state index is -2.59. The van der Waals surface area contributed by atoms with Crippen LogP contribution in [0.15, 0.2) is 18.7 Å². The number of amides is 1. The van der Waals surface area contributed by atoms with Crippen molar-refractivity contribution < 1.29 is 18.7 Å². The predicted molar refractivity (Wildman–Crippen MR) is 78.1 cm³/mol. The number of halogens is 2. The van der Waals surface area contributed by atoms with Crippen LogP contribution in [0, 0.1) is 0 Å². The number of nitrogens with zero attached hydrogens (tertiary/aromatic N) is 4. The van der Waals surface area contributed by atoms with Crippen molar-refractivity contribution in [2.45, 2.75) is 30.8 Å². The normalized spacial score (nSPS) is 28.0. The molecule has 2 fully saturated rings. The summed E-state index contributed by atoms with van der Waals surface area (Å²) >= 11 is 0. The Morgan fingerprint density at radius 2 is 1.83 bits per heavy atom. The second-order valence-electron chi connectivity index (χ2n) is 6.46. The van der Waals surface area contributed by atoms with Crippen LogP contribution in [0.4, 0.5) is 8.78 Å². The van der Waals surface area contributed by atoms with Gasteiger partial charge in [0.1, 0.15) is 6.33 Å². The molecule has 0 unspecified atom stereocenters. The first-order chi connectivity index (χ1) is 10.9. The topological polar surface area (TPSA) is 69.6 Å². The second kappa shape index (κ2) is 6.09. The minimum Gasteiger partial charge on any atom is -0.387 e. The summed E-state index contributed by atoms with van der Waals surface area (Å²) in [5.74, 6) is -2.81. The number of carbonyl (C=O) groups excluding carboxylic acids is 1. The molecule has 3 rings (SSSR count). The molecule has 0 spiro atoms. The number of β-amino-alcohol motifs (C(OH)–C–C–N with tert-alkyl or cyclic N) is 1. The van der Waals surface area contributed by atoms with E-state index in [0.717, 1.165) is 0 Å². The molecule has 2 aliphatic rings. The third-order valence-corrected chi connectivity index (χ3v) is 4.53. The number of carbonyl (C=O) groups is 1. The van der Waals surface area contributed by atoms with Crippen LogP contribution < -0.4 is 0 Å². The summed E-state index contributed by atoms with van der Waals surface area (Å²) in [6.07, 6.45) is 4.33. The number of likely N-dealkylation sites (tertiary alicyclic amines) is 2. The van der Waals surface area contributed by atoms with Gasteiger partial charge in [-0.05, 0) is 6.42 Å². The van der Waals surface area contributed by atoms with Crippen LogP contribution in [-0.4, -0.2) is 75.0 Å². The summed E-state index contributed by atoms with van der Waals surface area (Å²) in [4.78, 5) is 23.4. The van der Waals surface area contributed by atoms with Crippen LogP contribution in [0.3, 0.4) is 0 Å². The van der Waals surface area contributed by atoms with E-state index in [0.29, 0.717) is 25.1 Å². The smallest absolute Gasteiger partial charge is 0.257 e. The molecule has 0 radical (unpaired) electrons. The molecule has 1 aromatic heterocycles. The molecule has 23 heavy (non-hydrogen) atoms. The molecule has 1 atom stereocenters. The number of alkyl halides is 2. The highest BCUT2D eigenvalue weighted by Gasteiger charge is 2.42. The van der Waals surface area contributed by atoms with Gasteiger partial charge in [0.25, 0.3) is 11.8 Å². The maximum atomic E-state index is 13.2. The average molecular weight is 326 g/mol. The van der Waals surface area contributed by atoms with E-state index < -0.39 is 11.5 Å². The van der Waals surface area contributed by atoms with Gasteiger partial charge in [-0.3, -0.25) is 9.69 Å². The van der Waals surface area contributed by atoms with E-state index >= 15 is 0 Å². The molecule has 8 heteroatoms. The molecule has 6 nitrogen and oxygen atoms in total. The Balaban J connectivity index is 1.57. The van der Waals surface area contributed by atoms with Gasteiger partial charge in [0.05, 0.1) is 17.7 Å². The number of hydrogen-bond donors (Lipinski definition) is 1. The second-order valence-corrected chi connectivity index (χ2v) is 6.46. The van der Waals surface area contributed by atoms with E-state index in [1.807, 2.05) is 4.90 Å². The Morgan fingerprint density at radius 3 is 2.48 bits per heavy atom. The lowest BCUT2D eigenvalue weighted by atomic mass is 10.00. The Hall–Kier alpha value is -1.67. The quantitative estimate of drug-likeness (QED) is 0.889. The molecule has 1 amide bonds. The van der Waals surface area contributed by atoms with Gasteiger partial charge in [0.15, 0.2) is 0 Å². The van der Waals surface area contributed by atoms with Gasteiger partial charge in [-0.25, -0.2) is 18.7 Å². The Bertz CT molecular complexity index is 562. The van der Waals surface area contributed by atoms with E-state index in [9.17, 15) is 18.7 Å². The van der Waals surface area contributed by atoms with Gasteiger partial charge in [-0.1, -0.05) is 0 Å². The number of aromatic nitrogens is 2. The Morgan fingerprint density at radius 1 is 1.17 bits per heavy atom. The molecule has 0 aliphatic carbocycles. The molecule has 126 valence electrons. The summed E-state index contributed by atoms with van der Waals surface area (Å²) in [5, 5.41) is 10.7. The minimum absolute atomic E-state index is 0.174. The number of piperidine rings is 1. The van der Waals surface area contributed by atoms with Crippen LogP contribution in [0.5, 0.6) is 0 Å². The number of rotatable bonds is 3. The van der Waals surface area contributed by atoms with E-state index in [-0.39, 0.29) is 38.4 Å². The highest BCUT2D eigenvalue weighted by Crippen LogP contribution is 2.30. The molecular weight excluding hydrogens is 306 g/mol. The first kappa shape index (κ1) is 16.2. The Kier molecular flexibility index (Phi) is 4.29. The molecule has 0 aromatic carbocycles. The van der Waals surface area contributed by atoms with E-state index in [1.54, 1.807) is 4.90 Å². The zero-order valence-corrected chi connectivity index (χ0v) is 12.8. The summed E-state index contributed by atoms with van der Waals surface area (Å²) in [6.45, 7) is 1.51. The van der Waals surface area contributed by atoms with Gasteiger partial charge in [-0.2, -0.15) is 0 Å². The first-order valence-corrected chi connectivity index (χ1v) is 7.74. The van der Waals surface area contributed by atoms with Crippen LogP contribution in [0.1, 0.15) is 29.6 Å². The SMILES string of the molecule is O=C(c1cncnc1)N1CC[C@](O)(CN2CCC(F)(F)CC2)C1. The maximum Gasteiger partial charge on any atom is 0.257 e. The van der Waals surface area contributed by atoms with Crippen molar-refractivity contribution in [1.29, 1.82) is 0 Å². The molecule has 0 bridgehead atoms. The molecule has 3 heterocycles. The van der Waals surface area contributed by atoms with Gasteiger partial charge in [-0.15, -0.1) is 0 Å². The maximum absolute atomic E-state index is 13.2. The van der Waals surface area contributed by atoms with E-state index in [1.165, 1.54) is 18.7 Å². The van der Waals surface area contributed by atoms with Gasteiger partial charge < -0.3 is 10.0 Å². The lowest BCUT2D eigenvalue weighted by molar-refractivity contribution is -0.0720. The van der Waals surface area contributed by atoms with Crippen molar-refractivity contribution in [1.82, 2.24) is 19.8 Å². The zero-order chi connectivity index (χ0) is 16.5. The van der Waals surface area contributed by atoms with Crippen molar-refractivity contribution in [3.63, 3.8) is 0 Å². The van der Waals surface area contributed by atoms with Crippen molar-refractivity contribution in [2.75, 3.05) is 32.7 Å². The van der Waals surface area contributed by atoms with Gasteiger partial charge in [0.2, 0.25) is 0 Å². The third-order valence-electron chi connectivity index (χ3n) is 4.53. The molecule has 1 N–H and O–H groups in total. The van der Waals surface area contributed by atoms with Crippen molar-refractivity contribution in [3.05, 3.63) is 24.3 Å². The monoisotopic (exact) mass is 326 g/mol. The number of hydrogen-bond acceptors (Lipinski definition) is 5. The average Bonchev–Trinajstić information content (AvgIpc) is 2.92. The molecule has 0 saturated carbocycles. The first-order valence-electron chi connectivity index (χ1n) is 7.74. The van der Waals surface area contributed by atoms with Crippen LogP contribution in [0.2, 0.25) is 0 Å².